The maximum atomic E-state index is 12.5. The van der Waals surface area contributed by atoms with Crippen molar-refractivity contribution in [3.05, 3.63) is 103 Å². The summed E-state index contributed by atoms with van der Waals surface area (Å²) in [5.74, 6) is -0.870. The van der Waals surface area contributed by atoms with Gasteiger partial charge < -0.3 is 9.47 Å². The molecule has 1 rings (SSSR count). The van der Waals surface area contributed by atoms with Gasteiger partial charge in [0.15, 0.2) is 5.41 Å². The van der Waals surface area contributed by atoms with Crippen LogP contribution in [0.3, 0.4) is 0 Å². The molecular formula is C52H84O7S. The van der Waals surface area contributed by atoms with E-state index in [-0.39, 0.29) is 24.7 Å². The number of carbonyl (C=O) groups is 2. The molecule has 0 aliphatic heterocycles. The molecule has 0 saturated heterocycles. The van der Waals surface area contributed by atoms with E-state index in [0.29, 0.717) is 12.8 Å². The minimum Gasteiger partial charge on any atom is -0.465 e. The molecule has 0 atom stereocenters. The summed E-state index contributed by atoms with van der Waals surface area (Å²) in [6, 6.07) is 6.77. The molecule has 1 aromatic rings. The van der Waals surface area contributed by atoms with Gasteiger partial charge >= 0.3 is 11.9 Å². The lowest BCUT2D eigenvalue weighted by Crippen LogP contribution is -2.41. The van der Waals surface area contributed by atoms with Gasteiger partial charge in [-0.25, -0.2) is 0 Å². The Kier molecular flexibility index (Phi) is 37.3. The molecule has 7 nitrogen and oxygen atoms in total. The lowest BCUT2D eigenvalue weighted by Gasteiger charge is -2.27. The van der Waals surface area contributed by atoms with Crippen LogP contribution in [0.5, 0.6) is 0 Å². The first-order valence-electron chi connectivity index (χ1n) is 23.3. The van der Waals surface area contributed by atoms with Gasteiger partial charge in [-0.15, -0.1) is 0 Å². The summed E-state index contributed by atoms with van der Waals surface area (Å²) in [5.41, 5.74) is -0.107. The summed E-state index contributed by atoms with van der Waals surface area (Å²) in [6.45, 7) is 12.4. The molecule has 0 fully saturated rings. The highest BCUT2D eigenvalue weighted by atomic mass is 32.2. The topological polar surface area (TPSA) is 96.0 Å². The lowest BCUT2D eigenvalue weighted by molar-refractivity contribution is -0.173. The van der Waals surface area contributed by atoms with E-state index in [4.69, 9.17) is 13.7 Å². The number of ether oxygens (including phenoxy) is 2. The summed E-state index contributed by atoms with van der Waals surface area (Å²) in [7, 11) is -3.61. The number of esters is 2. The second kappa shape index (κ2) is 39.6. The molecule has 60 heavy (non-hydrogen) atoms. The standard InChI is InChI=1S/C27H46O4.C25H38O3S/c1-5-9-10-11-12-13-14-15-16-17-18-19-20-21-22-23-24-27(6-2,25(28)30-7-3)26(29)31-8-4;1-3-4-5-6-7-8-9-10-11-12-13-14-15-16-17-18-23-28-29(26,27)25-21-19-24(2)20-22-25/h9-10,12-13,15-16H,5-8,11,14,17-24H2,1-4H3;4-5,7-8,10-11,19-22H,3,6,9,12-18,23H2,1-2H3/b10-9-,13-12-,16-15-;5-4-,8-7-,11-10-. The Balaban J connectivity index is 0.00000116. The van der Waals surface area contributed by atoms with Crippen LogP contribution in [0.25, 0.3) is 0 Å². The van der Waals surface area contributed by atoms with Crippen molar-refractivity contribution in [3.8, 4) is 0 Å². The first-order chi connectivity index (χ1) is 29.1. The average molecular weight is 853 g/mol. The first-order valence-corrected chi connectivity index (χ1v) is 24.8. The summed E-state index contributed by atoms with van der Waals surface area (Å²) in [5, 5.41) is 0. The molecule has 0 radical (unpaired) electrons. The number of aryl methyl sites for hydroxylation is 1. The van der Waals surface area contributed by atoms with Crippen molar-refractivity contribution in [1.29, 1.82) is 0 Å². The predicted octanol–water partition coefficient (Wildman–Crippen LogP) is 14.8. The number of carbonyl (C=O) groups excluding carboxylic acids is 2. The van der Waals surface area contributed by atoms with E-state index in [1.54, 1.807) is 38.1 Å². The van der Waals surface area contributed by atoms with Gasteiger partial charge in [0, 0.05) is 0 Å². The monoisotopic (exact) mass is 853 g/mol. The molecule has 0 heterocycles. The summed E-state index contributed by atoms with van der Waals surface area (Å²) in [4.78, 5) is 25.2. The molecule has 8 heteroatoms. The molecule has 0 amide bonds. The molecule has 1 aromatic carbocycles. The third-order valence-electron chi connectivity index (χ3n) is 10.0. The Morgan fingerprint density at radius 3 is 1.32 bits per heavy atom. The van der Waals surface area contributed by atoms with Gasteiger partial charge in [-0.3, -0.25) is 13.8 Å². The maximum Gasteiger partial charge on any atom is 0.323 e. The Bertz CT molecular complexity index is 1460. The molecule has 0 unspecified atom stereocenters. The second-order valence-electron chi connectivity index (χ2n) is 15.1. The van der Waals surface area contributed by atoms with Gasteiger partial charge in [0.05, 0.1) is 24.7 Å². The zero-order chi connectivity index (χ0) is 44.4. The second-order valence-corrected chi connectivity index (χ2v) is 16.7. The van der Waals surface area contributed by atoms with Crippen molar-refractivity contribution in [1.82, 2.24) is 0 Å². The number of allylic oxidation sites excluding steroid dienone is 12. The van der Waals surface area contributed by atoms with Crippen LogP contribution in [0.1, 0.15) is 181 Å². The summed E-state index contributed by atoms with van der Waals surface area (Å²) >= 11 is 0. The number of benzene rings is 1. The van der Waals surface area contributed by atoms with Crippen molar-refractivity contribution in [2.45, 2.75) is 188 Å². The van der Waals surface area contributed by atoms with E-state index in [2.05, 4.69) is 86.8 Å². The largest absolute Gasteiger partial charge is 0.465 e. The van der Waals surface area contributed by atoms with E-state index in [0.717, 1.165) is 95.5 Å². The molecule has 0 aliphatic rings. The highest BCUT2D eigenvalue weighted by Gasteiger charge is 2.46. The quantitative estimate of drug-likeness (QED) is 0.0221. The van der Waals surface area contributed by atoms with Crippen LogP contribution in [0, 0.1) is 12.3 Å². The Hall–Kier alpha value is -3.49. The molecule has 340 valence electrons. The highest BCUT2D eigenvalue weighted by molar-refractivity contribution is 7.86. The van der Waals surface area contributed by atoms with Gasteiger partial charge in [0.1, 0.15) is 0 Å². The van der Waals surface area contributed by atoms with Crippen LogP contribution < -0.4 is 0 Å². The molecular weight excluding hydrogens is 769 g/mol. The normalized spacial score (nSPS) is 12.4. The van der Waals surface area contributed by atoms with Gasteiger partial charge in [-0.2, -0.15) is 8.42 Å². The fraction of sp³-hybridized carbons (Fsp3) is 0.615. The smallest absolute Gasteiger partial charge is 0.323 e. The van der Waals surface area contributed by atoms with E-state index in [1.165, 1.54) is 38.5 Å². The minimum absolute atomic E-state index is 0.236. The average Bonchev–Trinajstić information content (AvgIpc) is 3.23. The van der Waals surface area contributed by atoms with E-state index in [1.807, 2.05) is 13.8 Å². The number of hydrogen-bond donors (Lipinski definition) is 0. The van der Waals surface area contributed by atoms with Gasteiger partial charge in [-0.1, -0.05) is 169 Å². The fourth-order valence-corrected chi connectivity index (χ4v) is 7.30. The first kappa shape index (κ1) is 56.5. The van der Waals surface area contributed by atoms with Crippen LogP contribution in [-0.2, 0) is 33.4 Å². The zero-order valence-corrected chi connectivity index (χ0v) is 39.5. The predicted molar refractivity (Wildman–Crippen MR) is 253 cm³/mol. The van der Waals surface area contributed by atoms with Crippen molar-refractivity contribution in [2.75, 3.05) is 19.8 Å². The van der Waals surface area contributed by atoms with Crippen molar-refractivity contribution in [2.24, 2.45) is 5.41 Å². The van der Waals surface area contributed by atoms with Crippen LogP contribution >= 0.6 is 0 Å². The highest BCUT2D eigenvalue weighted by Crippen LogP contribution is 2.33. The van der Waals surface area contributed by atoms with Crippen LogP contribution in [0.2, 0.25) is 0 Å². The molecule has 0 spiro atoms. The minimum atomic E-state index is -3.61. The Labute approximate surface area is 368 Å². The van der Waals surface area contributed by atoms with Crippen LogP contribution in [0.15, 0.2) is 102 Å². The molecule has 0 saturated carbocycles. The molecule has 0 aromatic heterocycles. The van der Waals surface area contributed by atoms with Gasteiger partial charge in [0.25, 0.3) is 10.1 Å². The zero-order valence-electron chi connectivity index (χ0n) is 38.7. The number of hydrogen-bond acceptors (Lipinski definition) is 7. The van der Waals surface area contributed by atoms with E-state index < -0.39 is 27.5 Å². The fourth-order valence-electron chi connectivity index (χ4n) is 6.35. The summed E-state index contributed by atoms with van der Waals surface area (Å²) < 4.78 is 39.6. The Morgan fingerprint density at radius 2 is 0.900 bits per heavy atom. The molecule has 0 N–H and O–H groups in total. The third kappa shape index (κ3) is 29.7. The van der Waals surface area contributed by atoms with Gasteiger partial charge in [0.2, 0.25) is 0 Å². The van der Waals surface area contributed by atoms with Gasteiger partial charge in [-0.05, 0) is 116 Å². The van der Waals surface area contributed by atoms with E-state index >= 15 is 0 Å². The maximum absolute atomic E-state index is 12.5. The molecule has 0 aliphatic carbocycles. The SMILES string of the molecule is CC/C=C\C/C=C\C/C=C\CCCCCCCCC(CC)(C(=O)OCC)C(=O)OCC.CC/C=C\C/C=C\C/C=C\CCCCCCCCOS(=O)(=O)c1ccc(C)cc1. The van der Waals surface area contributed by atoms with Crippen molar-refractivity contribution >= 4 is 22.1 Å². The summed E-state index contributed by atoms with van der Waals surface area (Å²) in [6.07, 6.45) is 49.4. The Morgan fingerprint density at radius 1 is 0.517 bits per heavy atom. The number of rotatable bonds is 35. The van der Waals surface area contributed by atoms with Crippen molar-refractivity contribution < 1.29 is 31.7 Å². The van der Waals surface area contributed by atoms with Crippen molar-refractivity contribution in [3.63, 3.8) is 0 Å². The third-order valence-corrected chi connectivity index (χ3v) is 11.4. The van der Waals surface area contributed by atoms with Crippen LogP contribution in [-0.4, -0.2) is 40.2 Å². The lowest BCUT2D eigenvalue weighted by atomic mass is 9.80. The van der Waals surface area contributed by atoms with E-state index in [9.17, 15) is 18.0 Å². The number of unbranched alkanes of at least 4 members (excludes halogenated alkanes) is 12. The van der Waals surface area contributed by atoms with Crippen LogP contribution in [0.4, 0.5) is 0 Å². The molecule has 0 bridgehead atoms.